The van der Waals surface area contributed by atoms with E-state index in [4.69, 9.17) is 4.74 Å². The second kappa shape index (κ2) is 8.72. The van der Waals surface area contributed by atoms with Crippen LogP contribution < -0.4 is 20.7 Å². The van der Waals surface area contributed by atoms with Crippen molar-refractivity contribution >= 4 is 11.5 Å². The molecule has 0 radical (unpaired) electrons. The normalized spacial score (nSPS) is 28.9. The Morgan fingerprint density at radius 2 is 1.87 bits per heavy atom. The maximum Gasteiger partial charge on any atom is 0.132 e. The van der Waals surface area contributed by atoms with Crippen molar-refractivity contribution in [1.82, 2.24) is 30.6 Å². The summed E-state index contributed by atoms with van der Waals surface area (Å²) in [6, 6.07) is 2.86. The molecular weight excluding hydrogens is 392 g/mol. The van der Waals surface area contributed by atoms with Crippen LogP contribution in [-0.2, 0) is 11.8 Å². The molecule has 0 spiro atoms. The topological polar surface area (TPSA) is 83.4 Å². The molecular formula is C22H34N8O. The second-order valence-electron chi connectivity index (χ2n) is 9.30. The summed E-state index contributed by atoms with van der Waals surface area (Å²) in [7, 11) is 1.96. The minimum absolute atomic E-state index is 0.196. The van der Waals surface area contributed by atoms with Gasteiger partial charge in [0.05, 0.1) is 35.8 Å². The van der Waals surface area contributed by atoms with Gasteiger partial charge in [-0.3, -0.25) is 10.1 Å². The fraction of sp³-hybridized carbons (Fsp3) is 0.682. The first-order valence-electron chi connectivity index (χ1n) is 11.5. The maximum atomic E-state index is 6.14. The molecule has 0 amide bonds. The van der Waals surface area contributed by atoms with Crippen LogP contribution in [0.3, 0.4) is 0 Å². The van der Waals surface area contributed by atoms with Crippen LogP contribution in [0.2, 0.25) is 0 Å². The Bertz CT molecular complexity index is 878. The van der Waals surface area contributed by atoms with E-state index in [9.17, 15) is 0 Å². The fourth-order valence-corrected chi connectivity index (χ4v) is 5.29. The third-order valence-electron chi connectivity index (χ3n) is 6.82. The number of hydrogen-bond acceptors (Lipinski definition) is 8. The van der Waals surface area contributed by atoms with Gasteiger partial charge in [0, 0.05) is 57.4 Å². The van der Waals surface area contributed by atoms with Crippen LogP contribution in [0.25, 0.3) is 0 Å². The van der Waals surface area contributed by atoms with E-state index in [2.05, 4.69) is 61.8 Å². The van der Waals surface area contributed by atoms with E-state index in [-0.39, 0.29) is 12.1 Å². The number of nitrogens with zero attached hydrogens (tertiary/aromatic N) is 6. The number of aryl methyl sites for hydroxylation is 1. The molecule has 5 rings (SSSR count). The monoisotopic (exact) mass is 426 g/mol. The smallest absolute Gasteiger partial charge is 0.132 e. The largest absolute Gasteiger partial charge is 0.376 e. The Balaban J connectivity index is 1.25. The third kappa shape index (κ3) is 4.40. The van der Waals surface area contributed by atoms with Crippen molar-refractivity contribution < 1.29 is 4.74 Å². The Kier molecular flexibility index (Phi) is 5.81. The number of hydrazine groups is 1. The zero-order valence-electron chi connectivity index (χ0n) is 18.7. The Morgan fingerprint density at radius 3 is 2.61 bits per heavy atom. The van der Waals surface area contributed by atoms with E-state index >= 15 is 0 Å². The van der Waals surface area contributed by atoms with Crippen LogP contribution in [0.5, 0.6) is 0 Å². The minimum atomic E-state index is 0.196. The van der Waals surface area contributed by atoms with Crippen molar-refractivity contribution in [3.8, 4) is 0 Å². The molecule has 0 aromatic carbocycles. The molecule has 4 atom stereocenters. The second-order valence-corrected chi connectivity index (χ2v) is 9.30. The van der Waals surface area contributed by atoms with Gasteiger partial charge in [0.25, 0.3) is 0 Å². The molecule has 4 heterocycles. The molecule has 0 bridgehead atoms. The average molecular weight is 427 g/mol. The fourth-order valence-electron chi connectivity index (χ4n) is 5.29. The lowest BCUT2D eigenvalue weighted by atomic mass is 9.79. The van der Waals surface area contributed by atoms with Crippen LogP contribution in [-0.4, -0.2) is 64.2 Å². The van der Waals surface area contributed by atoms with Crippen molar-refractivity contribution in [2.45, 2.75) is 57.4 Å². The van der Waals surface area contributed by atoms with E-state index in [1.54, 1.807) is 6.33 Å². The number of nitrogens with one attached hydrogen (secondary N) is 2. The number of aromatic nitrogens is 4. The van der Waals surface area contributed by atoms with Gasteiger partial charge in [-0.05, 0) is 33.1 Å². The van der Waals surface area contributed by atoms with Gasteiger partial charge >= 0.3 is 0 Å². The van der Waals surface area contributed by atoms with E-state index < -0.39 is 0 Å². The third-order valence-corrected chi connectivity index (χ3v) is 6.82. The summed E-state index contributed by atoms with van der Waals surface area (Å²) >= 11 is 0. The van der Waals surface area contributed by atoms with Crippen LogP contribution in [0.1, 0.15) is 44.8 Å². The zero-order valence-corrected chi connectivity index (χ0v) is 18.7. The quantitative estimate of drug-likeness (QED) is 0.747. The molecule has 4 unspecified atom stereocenters. The Hall–Kier alpha value is -2.23. The zero-order chi connectivity index (χ0) is 21.4. The predicted octanol–water partition coefficient (Wildman–Crippen LogP) is 1.65. The molecule has 3 aliphatic rings. The summed E-state index contributed by atoms with van der Waals surface area (Å²) < 4.78 is 8.00. The maximum absolute atomic E-state index is 6.14. The molecule has 168 valence electrons. The van der Waals surface area contributed by atoms with Gasteiger partial charge in [0.2, 0.25) is 0 Å². The molecule has 31 heavy (non-hydrogen) atoms. The molecule has 2 aromatic rings. The molecule has 2 aromatic heterocycles. The molecule has 1 aliphatic carbocycles. The van der Waals surface area contributed by atoms with Gasteiger partial charge in [-0.15, -0.1) is 0 Å². The standard InChI is InChI=1S/C22H34N8O/c1-15(2)31-17-4-5-19-18(10-17)22(27-26-19)20-11-21(24-14-23-20)30-8-6-29(7-9-30)16-12-25-28(3)13-16/h11-15,17-19,22,26-27H,4-10H2,1-3H3. The van der Waals surface area contributed by atoms with Gasteiger partial charge in [0.1, 0.15) is 12.1 Å². The first-order chi connectivity index (χ1) is 15.1. The van der Waals surface area contributed by atoms with E-state index in [1.807, 2.05) is 17.9 Å². The highest BCUT2D eigenvalue weighted by Gasteiger charge is 2.42. The summed E-state index contributed by atoms with van der Waals surface area (Å²) in [5, 5.41) is 4.30. The number of hydrogen-bond donors (Lipinski definition) is 2. The first-order valence-corrected chi connectivity index (χ1v) is 11.5. The van der Waals surface area contributed by atoms with Crippen LogP contribution in [0, 0.1) is 5.92 Å². The average Bonchev–Trinajstić information content (AvgIpc) is 3.39. The van der Waals surface area contributed by atoms with Crippen LogP contribution in [0.4, 0.5) is 11.5 Å². The summed E-state index contributed by atoms with van der Waals surface area (Å²) in [5.41, 5.74) is 9.29. The summed E-state index contributed by atoms with van der Waals surface area (Å²) in [6.45, 7) is 8.06. The van der Waals surface area contributed by atoms with E-state index in [0.29, 0.717) is 18.1 Å². The van der Waals surface area contributed by atoms with Crippen LogP contribution >= 0.6 is 0 Å². The van der Waals surface area contributed by atoms with Crippen molar-refractivity contribution in [3.63, 3.8) is 0 Å². The summed E-state index contributed by atoms with van der Waals surface area (Å²) in [4.78, 5) is 14.0. The summed E-state index contributed by atoms with van der Waals surface area (Å²) in [6.07, 6.45) is 9.68. The van der Waals surface area contributed by atoms with Gasteiger partial charge in [-0.2, -0.15) is 5.10 Å². The lowest BCUT2D eigenvalue weighted by molar-refractivity contribution is -0.0276. The van der Waals surface area contributed by atoms with Crippen molar-refractivity contribution in [1.29, 1.82) is 0 Å². The van der Waals surface area contributed by atoms with Gasteiger partial charge in [0.15, 0.2) is 0 Å². The lowest BCUT2D eigenvalue weighted by Crippen LogP contribution is -2.46. The van der Waals surface area contributed by atoms with Crippen molar-refractivity contribution in [2.24, 2.45) is 13.0 Å². The predicted molar refractivity (Wildman–Crippen MR) is 120 cm³/mol. The Labute approximate surface area is 184 Å². The molecule has 2 N–H and O–H groups in total. The number of ether oxygens (including phenoxy) is 1. The van der Waals surface area contributed by atoms with Gasteiger partial charge in [-0.1, -0.05) is 0 Å². The number of anilines is 2. The molecule has 9 heteroatoms. The van der Waals surface area contributed by atoms with Gasteiger partial charge in [-0.25, -0.2) is 15.4 Å². The number of piperazine rings is 1. The highest BCUT2D eigenvalue weighted by molar-refractivity contribution is 5.47. The van der Waals surface area contributed by atoms with E-state index in [0.717, 1.165) is 57.0 Å². The molecule has 2 aliphatic heterocycles. The number of rotatable bonds is 5. The first kappa shape index (κ1) is 20.7. The Morgan fingerprint density at radius 1 is 1.06 bits per heavy atom. The lowest BCUT2D eigenvalue weighted by Gasteiger charge is -2.36. The summed E-state index contributed by atoms with van der Waals surface area (Å²) in [5.74, 6) is 1.51. The molecule has 9 nitrogen and oxygen atoms in total. The van der Waals surface area contributed by atoms with Crippen LogP contribution in [0.15, 0.2) is 24.8 Å². The molecule has 3 fully saturated rings. The molecule has 1 saturated carbocycles. The SMILES string of the molecule is CC(C)OC1CCC2NNC(c3cc(N4CCN(c5cnn(C)c5)CC4)ncn3)C2C1. The minimum Gasteiger partial charge on any atom is -0.376 e. The molecule has 2 saturated heterocycles. The highest BCUT2D eigenvalue weighted by atomic mass is 16.5. The van der Waals surface area contributed by atoms with Crippen molar-refractivity contribution in [3.05, 3.63) is 30.5 Å². The van der Waals surface area contributed by atoms with E-state index in [1.165, 1.54) is 5.69 Å². The van der Waals surface area contributed by atoms with Gasteiger partial charge < -0.3 is 14.5 Å². The highest BCUT2D eigenvalue weighted by Crippen LogP contribution is 2.39. The number of fused-ring (bicyclic) bond motifs is 1. The van der Waals surface area contributed by atoms with Crippen molar-refractivity contribution in [2.75, 3.05) is 36.0 Å².